The molecule has 4 aromatic rings. The van der Waals surface area contributed by atoms with Gasteiger partial charge in [0.2, 0.25) is 0 Å². The fourth-order valence-electron chi connectivity index (χ4n) is 3.98. The molecule has 0 saturated heterocycles. The highest BCUT2D eigenvalue weighted by Gasteiger charge is 2.29. The fourth-order valence-corrected chi connectivity index (χ4v) is 4.15. The molecule has 3 heterocycles. The molecular weight excluding hydrogens is 470 g/mol. The Bertz CT molecular complexity index is 1400. The zero-order valence-electron chi connectivity index (χ0n) is 17.5. The Balaban J connectivity index is 1.59. The van der Waals surface area contributed by atoms with Crippen LogP contribution in [0.15, 0.2) is 49.1 Å². The van der Waals surface area contributed by atoms with Crippen molar-refractivity contribution in [3.63, 3.8) is 0 Å². The summed E-state index contributed by atoms with van der Waals surface area (Å²) in [6, 6.07) is 5.27. The first-order valence-electron chi connectivity index (χ1n) is 10.4. The Hall–Kier alpha value is -3.86. The second-order valence-electron chi connectivity index (χ2n) is 7.66. The number of hydrogen-bond acceptors (Lipinski definition) is 6. The van der Waals surface area contributed by atoms with Gasteiger partial charge in [0, 0.05) is 29.4 Å². The molecule has 1 fully saturated rings. The number of amides is 1. The molecule has 3 aromatic heterocycles. The third-order valence-corrected chi connectivity index (χ3v) is 5.74. The number of nitrogens with zero attached hydrogens (tertiary/aromatic N) is 5. The highest BCUT2D eigenvalue weighted by molar-refractivity contribution is 6.31. The Morgan fingerprint density at radius 1 is 1.32 bits per heavy atom. The zero-order valence-corrected chi connectivity index (χ0v) is 18.2. The van der Waals surface area contributed by atoms with Crippen LogP contribution in [0.4, 0.5) is 14.5 Å². The minimum atomic E-state index is -3.08. The minimum absolute atomic E-state index is 0.00824. The number of Topliss-reactive ketones (excluding diaryl/α,β-unsaturated/α-hetero) is 1. The standard InChI is InChI=1S/C22H17ClF2N6O3/c23-12-5-6-18(34-22(24)25)13(9-12)19-15(11-31(29-19)16-3-1-4-17(16)32)28-21(33)14-10-27-30-8-2-7-26-20(14)30/h2,5-11,16,22H,1,3-4H2,(H,28,33)/t16-/m1/s1. The topological polar surface area (TPSA) is 103 Å². The molecule has 1 amide bonds. The van der Waals surface area contributed by atoms with Gasteiger partial charge in [0.05, 0.1) is 18.1 Å². The summed E-state index contributed by atoms with van der Waals surface area (Å²) in [6.45, 7) is -3.08. The summed E-state index contributed by atoms with van der Waals surface area (Å²) < 4.78 is 33.7. The van der Waals surface area contributed by atoms with Crippen molar-refractivity contribution < 1.29 is 23.1 Å². The molecule has 174 valence electrons. The molecule has 34 heavy (non-hydrogen) atoms. The summed E-state index contributed by atoms with van der Waals surface area (Å²) in [5.74, 6) is -0.699. The van der Waals surface area contributed by atoms with Crippen LogP contribution in [0.1, 0.15) is 35.7 Å². The van der Waals surface area contributed by atoms with Crippen LogP contribution in [0.5, 0.6) is 5.75 Å². The third kappa shape index (κ3) is 4.10. The number of halogens is 3. The van der Waals surface area contributed by atoms with Gasteiger partial charge in [0.1, 0.15) is 23.0 Å². The second-order valence-corrected chi connectivity index (χ2v) is 8.10. The Morgan fingerprint density at radius 3 is 2.94 bits per heavy atom. The fraction of sp³-hybridized carbons (Fsp3) is 0.227. The normalized spacial score (nSPS) is 15.9. The van der Waals surface area contributed by atoms with Crippen LogP contribution in [0.25, 0.3) is 16.9 Å². The van der Waals surface area contributed by atoms with Crippen molar-refractivity contribution in [2.75, 3.05) is 5.32 Å². The van der Waals surface area contributed by atoms with Crippen LogP contribution in [0.2, 0.25) is 5.02 Å². The maximum Gasteiger partial charge on any atom is 0.387 e. The number of aromatic nitrogens is 5. The van der Waals surface area contributed by atoms with Crippen molar-refractivity contribution in [2.24, 2.45) is 0 Å². The van der Waals surface area contributed by atoms with Crippen molar-refractivity contribution in [1.82, 2.24) is 24.4 Å². The maximum absolute atomic E-state index is 13.1. The van der Waals surface area contributed by atoms with Gasteiger partial charge in [-0.25, -0.2) is 9.50 Å². The van der Waals surface area contributed by atoms with Crippen LogP contribution >= 0.6 is 11.6 Å². The largest absolute Gasteiger partial charge is 0.434 e. The van der Waals surface area contributed by atoms with Crippen molar-refractivity contribution in [1.29, 1.82) is 0 Å². The SMILES string of the molecule is O=C(Nc1cn([C@@H]2CCCC2=O)nc1-c1cc(Cl)ccc1OC(F)F)c1cnn2cccnc12. The number of carbonyl (C=O) groups is 2. The van der Waals surface area contributed by atoms with E-state index in [1.807, 2.05) is 0 Å². The van der Waals surface area contributed by atoms with E-state index in [0.29, 0.717) is 24.9 Å². The monoisotopic (exact) mass is 486 g/mol. The second kappa shape index (κ2) is 8.82. The van der Waals surface area contributed by atoms with E-state index in [1.165, 1.54) is 46.0 Å². The van der Waals surface area contributed by atoms with Crippen LogP contribution < -0.4 is 10.1 Å². The Kier molecular flexibility index (Phi) is 5.70. The van der Waals surface area contributed by atoms with Gasteiger partial charge < -0.3 is 10.1 Å². The van der Waals surface area contributed by atoms with E-state index in [4.69, 9.17) is 11.6 Å². The molecule has 0 bridgehead atoms. The van der Waals surface area contributed by atoms with Gasteiger partial charge in [0.25, 0.3) is 5.91 Å². The molecule has 0 unspecified atom stereocenters. The van der Waals surface area contributed by atoms with Crippen molar-refractivity contribution >= 4 is 34.6 Å². The third-order valence-electron chi connectivity index (χ3n) is 5.51. The summed E-state index contributed by atoms with van der Waals surface area (Å²) in [5, 5.41) is 11.6. The smallest absolute Gasteiger partial charge is 0.387 e. The molecule has 5 rings (SSSR count). The molecular formula is C22H17ClF2N6O3. The average molecular weight is 487 g/mol. The zero-order chi connectivity index (χ0) is 23.8. The number of benzene rings is 1. The van der Waals surface area contributed by atoms with Gasteiger partial charge in [0.15, 0.2) is 11.4 Å². The number of ether oxygens (including phenoxy) is 1. The first kappa shape index (κ1) is 22.0. The number of hydrogen-bond donors (Lipinski definition) is 1. The van der Waals surface area contributed by atoms with E-state index >= 15 is 0 Å². The van der Waals surface area contributed by atoms with Crippen molar-refractivity contribution in [3.05, 3.63) is 59.6 Å². The quantitative estimate of drug-likeness (QED) is 0.433. The molecule has 1 N–H and O–H groups in total. The van der Waals surface area contributed by atoms with Gasteiger partial charge in [-0.3, -0.25) is 14.3 Å². The van der Waals surface area contributed by atoms with Crippen molar-refractivity contribution in [2.45, 2.75) is 31.9 Å². The molecule has 0 aliphatic heterocycles. The van der Waals surface area contributed by atoms with E-state index in [-0.39, 0.29) is 39.1 Å². The lowest BCUT2D eigenvalue weighted by molar-refractivity contribution is -0.120. The maximum atomic E-state index is 13.1. The number of carbonyl (C=O) groups excluding carboxylic acids is 2. The van der Waals surface area contributed by atoms with E-state index in [2.05, 4.69) is 25.2 Å². The summed E-state index contributed by atoms with van der Waals surface area (Å²) >= 11 is 6.13. The van der Waals surface area contributed by atoms with E-state index in [0.717, 1.165) is 0 Å². The van der Waals surface area contributed by atoms with Gasteiger partial charge in [-0.05, 0) is 37.1 Å². The molecule has 9 nitrogen and oxygen atoms in total. The number of anilines is 1. The summed E-state index contributed by atoms with van der Waals surface area (Å²) in [5.41, 5.74) is 1.01. The van der Waals surface area contributed by atoms with Gasteiger partial charge in [-0.15, -0.1) is 0 Å². The summed E-state index contributed by atoms with van der Waals surface area (Å²) in [7, 11) is 0. The average Bonchev–Trinajstić information content (AvgIpc) is 3.52. The number of rotatable bonds is 6. The Morgan fingerprint density at radius 2 is 2.18 bits per heavy atom. The van der Waals surface area contributed by atoms with E-state index in [1.54, 1.807) is 12.3 Å². The Labute approximate surface area is 196 Å². The molecule has 12 heteroatoms. The van der Waals surface area contributed by atoms with Crippen LogP contribution in [0.3, 0.4) is 0 Å². The number of ketones is 1. The molecule has 1 aliphatic carbocycles. The first-order valence-corrected chi connectivity index (χ1v) is 10.7. The molecule has 1 aromatic carbocycles. The first-order chi connectivity index (χ1) is 16.4. The van der Waals surface area contributed by atoms with Crippen LogP contribution in [-0.4, -0.2) is 42.7 Å². The van der Waals surface area contributed by atoms with Gasteiger partial charge >= 0.3 is 6.61 Å². The van der Waals surface area contributed by atoms with Crippen LogP contribution in [0, 0.1) is 0 Å². The lowest BCUT2D eigenvalue weighted by Gasteiger charge is -2.11. The van der Waals surface area contributed by atoms with Crippen molar-refractivity contribution in [3.8, 4) is 17.0 Å². The number of fused-ring (bicyclic) bond motifs is 1. The highest BCUT2D eigenvalue weighted by atomic mass is 35.5. The predicted octanol–water partition coefficient (Wildman–Crippen LogP) is 4.39. The van der Waals surface area contributed by atoms with Gasteiger partial charge in [-0.1, -0.05) is 11.6 Å². The van der Waals surface area contributed by atoms with E-state index < -0.39 is 18.6 Å². The molecule has 0 radical (unpaired) electrons. The lowest BCUT2D eigenvalue weighted by Crippen LogP contribution is -2.14. The summed E-state index contributed by atoms with van der Waals surface area (Å²) in [6.07, 6.45) is 7.77. The highest BCUT2D eigenvalue weighted by Crippen LogP contribution is 2.38. The van der Waals surface area contributed by atoms with E-state index in [9.17, 15) is 18.4 Å². The van der Waals surface area contributed by atoms with Gasteiger partial charge in [-0.2, -0.15) is 19.0 Å². The number of alkyl halides is 2. The predicted molar refractivity (Wildman–Crippen MR) is 118 cm³/mol. The minimum Gasteiger partial charge on any atom is -0.434 e. The molecule has 1 saturated carbocycles. The summed E-state index contributed by atoms with van der Waals surface area (Å²) in [4.78, 5) is 29.6. The lowest BCUT2D eigenvalue weighted by atomic mass is 10.1. The molecule has 1 atom stereocenters. The number of nitrogens with one attached hydrogen (secondary N) is 1. The molecule has 0 spiro atoms. The molecule has 1 aliphatic rings. The van der Waals surface area contributed by atoms with Crippen LogP contribution in [-0.2, 0) is 4.79 Å².